The van der Waals surface area contributed by atoms with Crippen LogP contribution in [0.1, 0.15) is 12.8 Å². The zero-order valence-corrected chi connectivity index (χ0v) is 11.6. The van der Waals surface area contributed by atoms with Crippen molar-refractivity contribution in [1.82, 2.24) is 0 Å². The van der Waals surface area contributed by atoms with Crippen molar-refractivity contribution in [3.05, 3.63) is 36.9 Å². The van der Waals surface area contributed by atoms with Gasteiger partial charge in [-0.3, -0.25) is 0 Å². The Morgan fingerprint density at radius 1 is 1.17 bits per heavy atom. The van der Waals surface area contributed by atoms with Gasteiger partial charge in [-0.05, 0) is 37.1 Å². The van der Waals surface area contributed by atoms with Crippen LogP contribution in [0.2, 0.25) is 0 Å². The first kappa shape index (κ1) is 14.6. The van der Waals surface area contributed by atoms with E-state index < -0.39 is 0 Å². The average molecular weight is 248 g/mol. The minimum atomic E-state index is -0.304. The molecule has 0 aromatic heterocycles. The molecule has 3 nitrogen and oxygen atoms in total. The van der Waals surface area contributed by atoms with E-state index in [-0.39, 0.29) is 6.10 Å². The Morgan fingerprint density at radius 3 is 2.22 bits per heavy atom. The Labute approximate surface area is 110 Å². The lowest BCUT2D eigenvalue weighted by Gasteiger charge is -2.23. The summed E-state index contributed by atoms with van der Waals surface area (Å²) >= 11 is 0. The number of hydrogen-bond acceptors (Lipinski definition) is 3. The fourth-order valence-electron chi connectivity index (χ4n) is 1.83. The molecule has 1 aromatic carbocycles. The van der Waals surface area contributed by atoms with Crippen molar-refractivity contribution in [2.24, 2.45) is 0 Å². The molecule has 0 amide bonds. The second-order valence-corrected chi connectivity index (χ2v) is 4.81. The van der Waals surface area contributed by atoms with Crippen LogP contribution in [-0.2, 0) is 0 Å². The van der Waals surface area contributed by atoms with Crippen molar-refractivity contribution in [1.29, 1.82) is 0 Å². The number of anilines is 2. The predicted octanol–water partition coefficient (Wildman–Crippen LogP) is 2.52. The molecule has 0 aliphatic heterocycles. The Bertz CT molecular complexity index is 359. The molecule has 0 spiro atoms. The van der Waals surface area contributed by atoms with Gasteiger partial charge in [-0.15, -0.1) is 6.58 Å². The number of nitrogens with zero attached hydrogens (tertiary/aromatic N) is 2. The molecule has 0 saturated heterocycles. The zero-order valence-electron chi connectivity index (χ0n) is 11.6. The van der Waals surface area contributed by atoms with Gasteiger partial charge in [-0.1, -0.05) is 6.08 Å². The lowest BCUT2D eigenvalue weighted by Crippen LogP contribution is -2.28. The van der Waals surface area contributed by atoms with Crippen molar-refractivity contribution in [2.75, 3.05) is 37.5 Å². The lowest BCUT2D eigenvalue weighted by atomic mass is 10.1. The quantitative estimate of drug-likeness (QED) is 0.751. The number of aliphatic hydroxyl groups excluding tert-OH is 1. The molecule has 0 aliphatic carbocycles. The number of aliphatic hydroxyl groups is 1. The third kappa shape index (κ3) is 4.41. The summed E-state index contributed by atoms with van der Waals surface area (Å²) in [5.74, 6) is 0. The smallest absolute Gasteiger partial charge is 0.0717 e. The summed E-state index contributed by atoms with van der Waals surface area (Å²) < 4.78 is 0. The molecule has 0 aliphatic rings. The highest BCUT2D eigenvalue weighted by atomic mass is 16.3. The van der Waals surface area contributed by atoms with E-state index in [4.69, 9.17) is 0 Å². The molecule has 1 aromatic rings. The minimum Gasteiger partial charge on any atom is -0.391 e. The van der Waals surface area contributed by atoms with Crippen LogP contribution < -0.4 is 9.80 Å². The number of likely N-dealkylation sites (N-methyl/N-ethyl adjacent to an activating group) is 1. The van der Waals surface area contributed by atoms with E-state index >= 15 is 0 Å². The molecule has 0 bridgehead atoms. The van der Waals surface area contributed by atoms with Crippen LogP contribution in [0.4, 0.5) is 11.4 Å². The van der Waals surface area contributed by atoms with Gasteiger partial charge in [0.15, 0.2) is 0 Å². The second kappa shape index (κ2) is 7.07. The monoisotopic (exact) mass is 248 g/mol. The number of hydrogen-bond donors (Lipinski definition) is 1. The van der Waals surface area contributed by atoms with Crippen LogP contribution in [0.5, 0.6) is 0 Å². The molecule has 1 atom stereocenters. The molecular formula is C15H24N2O. The molecular weight excluding hydrogens is 224 g/mol. The van der Waals surface area contributed by atoms with Gasteiger partial charge in [-0.25, -0.2) is 0 Å². The van der Waals surface area contributed by atoms with Gasteiger partial charge >= 0.3 is 0 Å². The van der Waals surface area contributed by atoms with Crippen molar-refractivity contribution >= 4 is 11.4 Å². The fourth-order valence-corrected chi connectivity index (χ4v) is 1.83. The molecule has 1 N–H and O–H groups in total. The highest BCUT2D eigenvalue weighted by molar-refractivity contribution is 5.55. The van der Waals surface area contributed by atoms with Crippen LogP contribution in [0, 0.1) is 0 Å². The van der Waals surface area contributed by atoms with E-state index in [2.05, 4.69) is 40.6 Å². The third-order valence-corrected chi connectivity index (χ3v) is 3.00. The summed E-state index contributed by atoms with van der Waals surface area (Å²) in [7, 11) is 6.05. The maximum Gasteiger partial charge on any atom is 0.0717 e. The first-order valence-electron chi connectivity index (χ1n) is 6.32. The highest BCUT2D eigenvalue weighted by Crippen LogP contribution is 2.18. The molecule has 0 fully saturated rings. The summed E-state index contributed by atoms with van der Waals surface area (Å²) in [5, 5.41) is 9.86. The summed E-state index contributed by atoms with van der Waals surface area (Å²) in [6.45, 7) is 4.31. The van der Waals surface area contributed by atoms with Crippen molar-refractivity contribution in [3.8, 4) is 0 Å². The Hall–Kier alpha value is -1.48. The Balaban J connectivity index is 2.55. The van der Waals surface area contributed by atoms with Crippen LogP contribution in [-0.4, -0.2) is 38.9 Å². The molecule has 1 rings (SSSR count). The standard InChI is InChI=1S/C15H24N2O/c1-5-6-7-15(18)12-17(4)14-10-8-13(9-11-14)16(2)3/h5,8-11,15,18H,1,6-7,12H2,2-4H3. The predicted molar refractivity (Wildman–Crippen MR) is 79.5 cm³/mol. The van der Waals surface area contributed by atoms with E-state index in [1.807, 2.05) is 27.2 Å². The molecule has 100 valence electrons. The van der Waals surface area contributed by atoms with Crippen molar-refractivity contribution < 1.29 is 5.11 Å². The fraction of sp³-hybridized carbons (Fsp3) is 0.467. The maximum absolute atomic E-state index is 9.86. The summed E-state index contributed by atoms with van der Waals surface area (Å²) in [5.41, 5.74) is 2.30. The van der Waals surface area contributed by atoms with Gasteiger partial charge in [0.1, 0.15) is 0 Å². The first-order chi connectivity index (χ1) is 8.54. The number of allylic oxidation sites excluding steroid dienone is 1. The lowest BCUT2D eigenvalue weighted by molar-refractivity contribution is 0.172. The van der Waals surface area contributed by atoms with Crippen LogP contribution in [0.3, 0.4) is 0 Å². The molecule has 0 saturated carbocycles. The van der Waals surface area contributed by atoms with Gasteiger partial charge < -0.3 is 14.9 Å². The van der Waals surface area contributed by atoms with Crippen LogP contribution in [0.15, 0.2) is 36.9 Å². The first-order valence-corrected chi connectivity index (χ1v) is 6.32. The third-order valence-electron chi connectivity index (χ3n) is 3.00. The van der Waals surface area contributed by atoms with E-state index in [1.54, 1.807) is 0 Å². The van der Waals surface area contributed by atoms with E-state index in [0.717, 1.165) is 18.5 Å². The number of benzene rings is 1. The van der Waals surface area contributed by atoms with Crippen LogP contribution in [0.25, 0.3) is 0 Å². The second-order valence-electron chi connectivity index (χ2n) is 4.81. The Morgan fingerprint density at radius 2 is 1.72 bits per heavy atom. The van der Waals surface area contributed by atoms with E-state index in [1.165, 1.54) is 5.69 Å². The summed E-state index contributed by atoms with van der Waals surface area (Å²) in [6, 6.07) is 8.33. The summed E-state index contributed by atoms with van der Waals surface area (Å²) in [4.78, 5) is 4.15. The largest absolute Gasteiger partial charge is 0.391 e. The van der Waals surface area contributed by atoms with Crippen molar-refractivity contribution in [2.45, 2.75) is 18.9 Å². The molecule has 0 radical (unpaired) electrons. The van der Waals surface area contributed by atoms with Gasteiger partial charge in [0.2, 0.25) is 0 Å². The SMILES string of the molecule is C=CCCC(O)CN(C)c1ccc(N(C)C)cc1. The average Bonchev–Trinajstić information content (AvgIpc) is 2.36. The minimum absolute atomic E-state index is 0.304. The van der Waals surface area contributed by atoms with Gasteiger partial charge in [0, 0.05) is 39.1 Å². The molecule has 0 heterocycles. The van der Waals surface area contributed by atoms with Gasteiger partial charge in [0.25, 0.3) is 0 Å². The van der Waals surface area contributed by atoms with Crippen LogP contribution >= 0.6 is 0 Å². The maximum atomic E-state index is 9.86. The van der Waals surface area contributed by atoms with Gasteiger partial charge in [0.05, 0.1) is 6.10 Å². The van der Waals surface area contributed by atoms with Gasteiger partial charge in [-0.2, -0.15) is 0 Å². The molecule has 3 heteroatoms. The zero-order chi connectivity index (χ0) is 13.5. The van der Waals surface area contributed by atoms with E-state index in [0.29, 0.717) is 6.54 Å². The molecule has 1 unspecified atom stereocenters. The summed E-state index contributed by atoms with van der Waals surface area (Å²) in [6.07, 6.45) is 3.16. The highest BCUT2D eigenvalue weighted by Gasteiger charge is 2.08. The Kier molecular flexibility index (Phi) is 5.72. The number of rotatable bonds is 7. The van der Waals surface area contributed by atoms with E-state index in [9.17, 15) is 5.11 Å². The normalized spacial score (nSPS) is 12.0. The van der Waals surface area contributed by atoms with Crippen molar-refractivity contribution in [3.63, 3.8) is 0 Å². The molecule has 18 heavy (non-hydrogen) atoms. The topological polar surface area (TPSA) is 26.7 Å².